The van der Waals surface area contributed by atoms with Crippen LogP contribution in [0.15, 0.2) is 42.9 Å². The maximum Gasteiger partial charge on any atom is 0.304 e. The summed E-state index contributed by atoms with van der Waals surface area (Å²) < 4.78 is 0. The topological polar surface area (TPSA) is 84.7 Å². The first-order chi connectivity index (χ1) is 8.77. The lowest BCUT2D eigenvalue weighted by molar-refractivity contribution is -0.382. The van der Waals surface area contributed by atoms with Crippen LogP contribution in [0.5, 0.6) is 0 Å². The lowest BCUT2D eigenvalue weighted by Gasteiger charge is -1.96. The summed E-state index contributed by atoms with van der Waals surface area (Å²) in [6.07, 6.45) is 4.79. The van der Waals surface area contributed by atoms with E-state index in [-0.39, 0.29) is 5.69 Å². The van der Waals surface area contributed by atoms with E-state index in [0.29, 0.717) is 16.7 Å². The quantitative estimate of drug-likeness (QED) is 0.551. The molecule has 3 rings (SSSR count). The third kappa shape index (κ3) is 1.51. The molecule has 0 amide bonds. The maximum absolute atomic E-state index is 11.2. The van der Waals surface area contributed by atoms with Crippen molar-refractivity contribution in [3.63, 3.8) is 0 Å². The first-order valence-electron chi connectivity index (χ1n) is 5.29. The van der Waals surface area contributed by atoms with Crippen LogP contribution < -0.4 is 0 Å². The second-order valence-electron chi connectivity index (χ2n) is 3.74. The van der Waals surface area contributed by atoms with E-state index in [0.717, 1.165) is 5.56 Å². The summed E-state index contributed by atoms with van der Waals surface area (Å²) in [6, 6.07) is 6.80. The number of nitrogens with zero attached hydrogens (tertiary/aromatic N) is 3. The predicted molar refractivity (Wildman–Crippen MR) is 66.0 cm³/mol. The van der Waals surface area contributed by atoms with Gasteiger partial charge in [-0.2, -0.15) is 0 Å². The predicted octanol–water partition coefficient (Wildman–Crippen LogP) is 2.53. The molecule has 88 valence electrons. The molecule has 0 aliphatic rings. The minimum absolute atomic E-state index is 0.0456. The molecule has 0 spiro atoms. The molecule has 0 unspecified atom stereocenters. The molecule has 0 radical (unpaired) electrons. The third-order valence-electron chi connectivity index (χ3n) is 2.69. The Morgan fingerprint density at radius 1 is 1.17 bits per heavy atom. The minimum Gasteiger partial charge on any atom is -0.333 e. The summed E-state index contributed by atoms with van der Waals surface area (Å²) in [6.45, 7) is 0. The van der Waals surface area contributed by atoms with Gasteiger partial charge in [0.1, 0.15) is 11.3 Å². The third-order valence-corrected chi connectivity index (χ3v) is 2.69. The molecule has 6 nitrogen and oxygen atoms in total. The van der Waals surface area contributed by atoms with Gasteiger partial charge in [-0.25, -0.2) is 4.98 Å². The van der Waals surface area contributed by atoms with Crippen LogP contribution >= 0.6 is 0 Å². The highest BCUT2D eigenvalue weighted by Gasteiger charge is 2.23. The van der Waals surface area contributed by atoms with Gasteiger partial charge >= 0.3 is 5.69 Å². The van der Waals surface area contributed by atoms with Gasteiger partial charge in [0.05, 0.1) is 10.3 Å². The summed E-state index contributed by atoms with van der Waals surface area (Å²) in [5, 5.41) is 11.7. The number of nitro groups is 1. The Labute approximate surface area is 101 Å². The van der Waals surface area contributed by atoms with Gasteiger partial charge in [-0.1, -0.05) is 0 Å². The molecule has 3 heterocycles. The van der Waals surface area contributed by atoms with Crippen LogP contribution in [0.25, 0.3) is 22.3 Å². The number of nitrogens with one attached hydrogen (secondary N) is 1. The first-order valence-corrected chi connectivity index (χ1v) is 5.29. The SMILES string of the molecule is O=[N+]([O-])c1c(-c2ccncc2)[nH]c2ncccc12. The molecular weight excluding hydrogens is 232 g/mol. The molecule has 0 atom stereocenters. The number of aromatic nitrogens is 3. The largest absolute Gasteiger partial charge is 0.333 e. The van der Waals surface area contributed by atoms with Crippen LogP contribution in [0.4, 0.5) is 5.69 Å². The molecule has 3 aromatic heterocycles. The van der Waals surface area contributed by atoms with Crippen molar-refractivity contribution in [2.45, 2.75) is 0 Å². The van der Waals surface area contributed by atoms with Crippen LogP contribution in [0.2, 0.25) is 0 Å². The van der Waals surface area contributed by atoms with Crippen LogP contribution in [-0.2, 0) is 0 Å². The van der Waals surface area contributed by atoms with Crippen molar-refractivity contribution in [2.75, 3.05) is 0 Å². The van der Waals surface area contributed by atoms with E-state index in [4.69, 9.17) is 0 Å². The number of rotatable bonds is 2. The molecular formula is C12H8N4O2. The Balaban J connectivity index is 2.36. The first kappa shape index (κ1) is 10.4. The summed E-state index contributed by atoms with van der Waals surface area (Å²) in [4.78, 5) is 21.8. The number of fused-ring (bicyclic) bond motifs is 1. The standard InChI is InChI=1S/C12H8N4O2/c17-16(18)11-9-2-1-5-14-12(9)15-10(11)8-3-6-13-7-4-8/h1-7H,(H,14,15). The van der Waals surface area contributed by atoms with E-state index >= 15 is 0 Å². The van der Waals surface area contributed by atoms with Crippen molar-refractivity contribution in [1.29, 1.82) is 0 Å². The lowest BCUT2D eigenvalue weighted by atomic mass is 10.1. The molecule has 1 N–H and O–H groups in total. The molecule has 0 bridgehead atoms. The van der Waals surface area contributed by atoms with Crippen LogP contribution in [0, 0.1) is 10.1 Å². The maximum atomic E-state index is 11.2. The number of hydrogen-bond acceptors (Lipinski definition) is 4. The Morgan fingerprint density at radius 3 is 2.67 bits per heavy atom. The highest BCUT2D eigenvalue weighted by molar-refractivity contribution is 5.95. The van der Waals surface area contributed by atoms with Gasteiger partial charge in [-0.15, -0.1) is 0 Å². The summed E-state index contributed by atoms with van der Waals surface area (Å²) in [5.74, 6) is 0. The van der Waals surface area contributed by atoms with Crippen molar-refractivity contribution in [3.05, 3.63) is 53.0 Å². The van der Waals surface area contributed by atoms with Crippen molar-refractivity contribution >= 4 is 16.7 Å². The molecule has 0 aliphatic heterocycles. The fourth-order valence-corrected chi connectivity index (χ4v) is 1.93. The zero-order valence-electron chi connectivity index (χ0n) is 9.20. The highest BCUT2D eigenvalue weighted by Crippen LogP contribution is 2.35. The van der Waals surface area contributed by atoms with Gasteiger partial charge < -0.3 is 4.98 Å². The fourth-order valence-electron chi connectivity index (χ4n) is 1.93. The summed E-state index contributed by atoms with van der Waals surface area (Å²) in [7, 11) is 0. The monoisotopic (exact) mass is 240 g/mol. The Kier molecular flexibility index (Phi) is 2.26. The molecule has 6 heteroatoms. The molecule has 0 saturated heterocycles. The normalized spacial score (nSPS) is 10.7. The molecule has 18 heavy (non-hydrogen) atoms. The molecule has 0 aliphatic carbocycles. The molecule has 3 aromatic rings. The number of hydrogen-bond donors (Lipinski definition) is 1. The molecule has 0 fully saturated rings. The molecule has 0 aromatic carbocycles. The van der Waals surface area contributed by atoms with Gasteiger partial charge in [0.15, 0.2) is 0 Å². The fraction of sp³-hybridized carbons (Fsp3) is 0. The number of H-pyrrole nitrogens is 1. The zero-order valence-corrected chi connectivity index (χ0v) is 9.20. The number of pyridine rings is 2. The average molecular weight is 240 g/mol. The Morgan fingerprint density at radius 2 is 1.94 bits per heavy atom. The molecule has 0 saturated carbocycles. The van der Waals surface area contributed by atoms with Gasteiger partial charge in [0.25, 0.3) is 0 Å². The minimum atomic E-state index is -0.393. The Hall–Kier alpha value is -2.76. The van der Waals surface area contributed by atoms with Crippen LogP contribution in [0.3, 0.4) is 0 Å². The van der Waals surface area contributed by atoms with E-state index in [9.17, 15) is 10.1 Å². The van der Waals surface area contributed by atoms with Crippen molar-refractivity contribution in [3.8, 4) is 11.3 Å². The van der Waals surface area contributed by atoms with Gasteiger partial charge in [-0.05, 0) is 24.3 Å². The van der Waals surface area contributed by atoms with Gasteiger partial charge in [0, 0.05) is 24.2 Å². The van der Waals surface area contributed by atoms with Crippen molar-refractivity contribution in [2.24, 2.45) is 0 Å². The van der Waals surface area contributed by atoms with E-state index in [2.05, 4.69) is 15.0 Å². The highest BCUT2D eigenvalue weighted by atomic mass is 16.6. The van der Waals surface area contributed by atoms with Crippen LogP contribution in [0.1, 0.15) is 0 Å². The lowest BCUT2D eigenvalue weighted by Crippen LogP contribution is -1.89. The average Bonchev–Trinajstić information content (AvgIpc) is 2.79. The van der Waals surface area contributed by atoms with Gasteiger partial charge in [0.2, 0.25) is 0 Å². The zero-order chi connectivity index (χ0) is 12.5. The number of aromatic amines is 1. The van der Waals surface area contributed by atoms with E-state index in [1.807, 2.05) is 0 Å². The van der Waals surface area contributed by atoms with E-state index in [1.165, 1.54) is 0 Å². The van der Waals surface area contributed by atoms with Crippen molar-refractivity contribution in [1.82, 2.24) is 15.0 Å². The van der Waals surface area contributed by atoms with E-state index in [1.54, 1.807) is 42.9 Å². The van der Waals surface area contributed by atoms with Gasteiger partial charge in [-0.3, -0.25) is 15.1 Å². The van der Waals surface area contributed by atoms with Crippen LogP contribution in [-0.4, -0.2) is 19.9 Å². The second-order valence-corrected chi connectivity index (χ2v) is 3.74. The van der Waals surface area contributed by atoms with E-state index < -0.39 is 4.92 Å². The Bertz CT molecular complexity index is 721. The summed E-state index contributed by atoms with van der Waals surface area (Å²) >= 11 is 0. The second kappa shape index (κ2) is 3.92. The smallest absolute Gasteiger partial charge is 0.304 e. The van der Waals surface area contributed by atoms with Crippen molar-refractivity contribution < 1.29 is 4.92 Å². The summed E-state index contributed by atoms with van der Waals surface area (Å²) in [5.41, 5.74) is 1.73.